The normalized spacial score (nSPS) is 22.5. The van der Waals surface area contributed by atoms with E-state index in [2.05, 4.69) is 46.9 Å². The molecular formula is C14H28N2S. The van der Waals surface area contributed by atoms with Crippen molar-refractivity contribution in [2.45, 2.75) is 53.5 Å². The molecule has 0 aliphatic carbocycles. The summed E-state index contributed by atoms with van der Waals surface area (Å²) in [6.07, 6.45) is 1.22. The summed E-state index contributed by atoms with van der Waals surface area (Å²) in [5.74, 6) is 3.30. The molecule has 0 saturated carbocycles. The van der Waals surface area contributed by atoms with E-state index in [1.54, 1.807) is 0 Å². The molecule has 0 amide bonds. The molecule has 0 atom stereocenters. The Hall–Kier alpha value is -0.180. The van der Waals surface area contributed by atoms with Crippen LogP contribution in [0.15, 0.2) is 4.99 Å². The van der Waals surface area contributed by atoms with Crippen molar-refractivity contribution >= 4 is 16.9 Å². The topological polar surface area (TPSA) is 24.4 Å². The van der Waals surface area contributed by atoms with Gasteiger partial charge in [0.05, 0.1) is 0 Å². The minimum atomic E-state index is 0.218. The lowest BCUT2D eigenvalue weighted by Gasteiger charge is -2.33. The van der Waals surface area contributed by atoms with E-state index in [1.807, 2.05) is 11.8 Å². The van der Waals surface area contributed by atoms with Gasteiger partial charge in [-0.2, -0.15) is 0 Å². The number of thioether (sulfide) groups is 1. The van der Waals surface area contributed by atoms with Crippen LogP contribution in [0.2, 0.25) is 0 Å². The molecule has 0 bridgehead atoms. The van der Waals surface area contributed by atoms with E-state index in [0.717, 1.165) is 11.7 Å². The third kappa shape index (κ3) is 4.90. The van der Waals surface area contributed by atoms with E-state index in [1.165, 1.54) is 12.2 Å². The average Bonchev–Trinajstić information content (AvgIpc) is 2.15. The van der Waals surface area contributed by atoms with Crippen molar-refractivity contribution in [2.24, 2.45) is 22.7 Å². The van der Waals surface area contributed by atoms with E-state index < -0.39 is 0 Å². The van der Waals surface area contributed by atoms with Gasteiger partial charge in [-0.1, -0.05) is 39.5 Å². The maximum Gasteiger partial charge on any atom is 0.156 e. The molecular weight excluding hydrogens is 228 g/mol. The summed E-state index contributed by atoms with van der Waals surface area (Å²) in [5, 5.41) is 4.68. The van der Waals surface area contributed by atoms with Crippen LogP contribution in [0.4, 0.5) is 0 Å². The van der Waals surface area contributed by atoms with Crippen LogP contribution in [0.25, 0.3) is 0 Å². The Kier molecular flexibility index (Phi) is 5.36. The Morgan fingerprint density at radius 1 is 1.24 bits per heavy atom. The summed E-state index contributed by atoms with van der Waals surface area (Å²) in [6, 6.07) is 0. The second-order valence-electron chi connectivity index (χ2n) is 6.41. The van der Waals surface area contributed by atoms with Gasteiger partial charge in [0.15, 0.2) is 5.17 Å². The first-order valence-electron chi connectivity index (χ1n) is 6.77. The fourth-order valence-corrected chi connectivity index (χ4v) is 3.58. The number of rotatable bonds is 4. The summed E-state index contributed by atoms with van der Waals surface area (Å²) < 4.78 is 0. The number of nitrogens with one attached hydrogen (secondary N) is 1. The third-order valence-corrected chi connectivity index (χ3v) is 4.48. The van der Waals surface area contributed by atoms with E-state index in [0.29, 0.717) is 17.8 Å². The molecule has 1 N–H and O–H groups in total. The maximum atomic E-state index is 4.79. The Morgan fingerprint density at radius 2 is 1.82 bits per heavy atom. The number of amidine groups is 1. The van der Waals surface area contributed by atoms with Crippen LogP contribution in [-0.2, 0) is 0 Å². The number of aliphatic imine (C=N–C) groups is 1. The zero-order chi connectivity index (χ0) is 13.1. The van der Waals surface area contributed by atoms with Crippen molar-refractivity contribution < 1.29 is 0 Å². The van der Waals surface area contributed by atoms with Crippen LogP contribution in [0.5, 0.6) is 0 Å². The van der Waals surface area contributed by atoms with Crippen molar-refractivity contribution in [3.05, 3.63) is 0 Å². The van der Waals surface area contributed by atoms with Gasteiger partial charge in [-0.3, -0.25) is 4.99 Å². The summed E-state index contributed by atoms with van der Waals surface area (Å²) >= 11 is 1.87. The van der Waals surface area contributed by atoms with Gasteiger partial charge in [-0.25, -0.2) is 0 Å². The summed E-state index contributed by atoms with van der Waals surface area (Å²) in [7, 11) is 0. The molecule has 0 aromatic carbocycles. The number of hydrogen-bond acceptors (Lipinski definition) is 2. The fraction of sp³-hybridized carbons (Fsp3) is 0.929. The molecule has 1 aliphatic heterocycles. The van der Waals surface area contributed by atoms with Crippen LogP contribution in [0.1, 0.15) is 48.0 Å². The molecule has 1 heterocycles. The lowest BCUT2D eigenvalue weighted by Crippen LogP contribution is -2.46. The first-order valence-corrected chi connectivity index (χ1v) is 7.76. The van der Waals surface area contributed by atoms with Gasteiger partial charge >= 0.3 is 0 Å². The monoisotopic (exact) mass is 256 g/mol. The predicted octanol–water partition coefficient (Wildman–Crippen LogP) is 3.78. The zero-order valence-electron chi connectivity index (χ0n) is 12.2. The standard InChI is InChI=1S/C14H28N2S/c1-10(2)12(11(3)4)9-15-13-16-14(5,6)7-8-17-13/h10-12H,7-9H2,1-6H3,(H,15,16). The molecule has 3 heteroatoms. The van der Waals surface area contributed by atoms with Gasteiger partial charge in [0.25, 0.3) is 0 Å². The molecule has 0 radical (unpaired) electrons. The second kappa shape index (κ2) is 6.12. The molecule has 0 aromatic rings. The highest BCUT2D eigenvalue weighted by atomic mass is 32.2. The Morgan fingerprint density at radius 3 is 2.29 bits per heavy atom. The second-order valence-corrected chi connectivity index (χ2v) is 7.49. The van der Waals surface area contributed by atoms with Crippen molar-refractivity contribution in [1.82, 2.24) is 5.32 Å². The molecule has 100 valence electrons. The molecule has 1 saturated heterocycles. The highest BCUT2D eigenvalue weighted by Gasteiger charge is 2.25. The minimum Gasteiger partial charge on any atom is -0.360 e. The van der Waals surface area contributed by atoms with E-state index >= 15 is 0 Å². The van der Waals surface area contributed by atoms with Gasteiger partial charge in [0, 0.05) is 17.8 Å². The van der Waals surface area contributed by atoms with Gasteiger partial charge < -0.3 is 5.32 Å². The summed E-state index contributed by atoms with van der Waals surface area (Å²) in [6.45, 7) is 14.7. The van der Waals surface area contributed by atoms with Gasteiger partial charge in [-0.15, -0.1) is 0 Å². The maximum absolute atomic E-state index is 4.79. The van der Waals surface area contributed by atoms with Crippen LogP contribution in [-0.4, -0.2) is 23.0 Å². The van der Waals surface area contributed by atoms with Crippen LogP contribution in [0.3, 0.4) is 0 Å². The number of nitrogens with zero attached hydrogens (tertiary/aromatic N) is 1. The molecule has 1 fully saturated rings. The first kappa shape index (κ1) is 14.9. The predicted molar refractivity (Wildman–Crippen MR) is 79.8 cm³/mol. The first-order chi connectivity index (χ1) is 7.82. The van der Waals surface area contributed by atoms with Gasteiger partial charge in [-0.05, 0) is 38.0 Å². The van der Waals surface area contributed by atoms with Crippen molar-refractivity contribution in [1.29, 1.82) is 0 Å². The van der Waals surface area contributed by atoms with Crippen molar-refractivity contribution in [3.63, 3.8) is 0 Å². The van der Waals surface area contributed by atoms with E-state index in [9.17, 15) is 0 Å². The molecule has 1 aliphatic rings. The lowest BCUT2D eigenvalue weighted by molar-refractivity contribution is 0.297. The van der Waals surface area contributed by atoms with E-state index in [4.69, 9.17) is 4.99 Å². The summed E-state index contributed by atoms with van der Waals surface area (Å²) in [5.41, 5.74) is 0.218. The van der Waals surface area contributed by atoms with Crippen LogP contribution < -0.4 is 5.32 Å². The Bertz CT molecular complexity index is 261. The Balaban J connectivity index is 2.57. The highest BCUT2D eigenvalue weighted by molar-refractivity contribution is 8.13. The molecule has 1 rings (SSSR count). The largest absolute Gasteiger partial charge is 0.360 e. The lowest BCUT2D eigenvalue weighted by atomic mass is 9.86. The average molecular weight is 256 g/mol. The van der Waals surface area contributed by atoms with Crippen molar-refractivity contribution in [2.75, 3.05) is 12.3 Å². The molecule has 0 aromatic heterocycles. The van der Waals surface area contributed by atoms with Crippen LogP contribution in [0, 0.1) is 17.8 Å². The SMILES string of the molecule is CC(C)C(CN=C1NC(C)(C)CCS1)C(C)C. The molecule has 17 heavy (non-hydrogen) atoms. The Labute approximate surface area is 111 Å². The summed E-state index contributed by atoms with van der Waals surface area (Å²) in [4.78, 5) is 4.79. The highest BCUT2D eigenvalue weighted by Crippen LogP contribution is 2.24. The smallest absolute Gasteiger partial charge is 0.156 e. The zero-order valence-corrected chi connectivity index (χ0v) is 13.0. The van der Waals surface area contributed by atoms with E-state index in [-0.39, 0.29) is 5.54 Å². The quantitative estimate of drug-likeness (QED) is 0.828. The molecule has 2 nitrogen and oxygen atoms in total. The van der Waals surface area contributed by atoms with Crippen LogP contribution >= 0.6 is 11.8 Å². The van der Waals surface area contributed by atoms with Gasteiger partial charge in [0.1, 0.15) is 0 Å². The fourth-order valence-electron chi connectivity index (χ4n) is 2.26. The minimum absolute atomic E-state index is 0.218. The van der Waals surface area contributed by atoms with Crippen molar-refractivity contribution in [3.8, 4) is 0 Å². The molecule has 0 spiro atoms. The molecule has 0 unspecified atom stereocenters. The van der Waals surface area contributed by atoms with Gasteiger partial charge in [0.2, 0.25) is 0 Å². The number of hydrogen-bond donors (Lipinski definition) is 1. The third-order valence-electron chi connectivity index (χ3n) is 3.57.